The topological polar surface area (TPSA) is 72.6 Å². The quantitative estimate of drug-likeness (QED) is 0.843. The molecule has 0 aromatic heterocycles. The molecular weight excluding hydrogens is 280 g/mol. The molecule has 0 saturated carbocycles. The molecule has 0 radical (unpaired) electrons. The smallest absolute Gasteiger partial charge is 0.329 e. The first-order chi connectivity index (χ1) is 10.2. The summed E-state index contributed by atoms with van der Waals surface area (Å²) in [5.41, 5.74) is 7.27. The maximum Gasteiger partial charge on any atom is 0.329 e. The molecule has 0 spiro atoms. The summed E-state index contributed by atoms with van der Waals surface area (Å²) in [5.74, 6) is -0.610. The Morgan fingerprint density at radius 2 is 1.86 bits per heavy atom. The predicted molar refractivity (Wildman–Crippen MR) is 84.0 cm³/mol. The van der Waals surface area contributed by atoms with Gasteiger partial charge in [-0.2, -0.15) is 0 Å². The molecule has 2 N–H and O–H groups in total. The van der Waals surface area contributed by atoms with Crippen LogP contribution in [-0.4, -0.2) is 34.5 Å². The van der Waals surface area contributed by atoms with Gasteiger partial charge in [-0.1, -0.05) is 24.3 Å². The molecule has 1 aromatic carbocycles. The summed E-state index contributed by atoms with van der Waals surface area (Å²) < 4.78 is 5.48. The second-order valence-corrected chi connectivity index (χ2v) is 6.78. The first-order valence-electron chi connectivity index (χ1n) is 7.55. The summed E-state index contributed by atoms with van der Waals surface area (Å²) in [6.45, 7) is 7.48. The summed E-state index contributed by atoms with van der Waals surface area (Å²) in [6.07, 6.45) is 0.462. The van der Waals surface area contributed by atoms with Gasteiger partial charge in [0, 0.05) is 13.0 Å². The van der Waals surface area contributed by atoms with Crippen LogP contribution in [-0.2, 0) is 27.3 Å². The molecule has 5 heteroatoms. The van der Waals surface area contributed by atoms with Crippen molar-refractivity contribution in [2.75, 3.05) is 0 Å². The summed E-state index contributed by atoms with van der Waals surface area (Å²) in [5, 5.41) is 0. The van der Waals surface area contributed by atoms with Gasteiger partial charge in [0.15, 0.2) is 0 Å². The maximum absolute atomic E-state index is 12.5. The Morgan fingerprint density at radius 1 is 1.27 bits per heavy atom. The molecule has 0 unspecified atom stereocenters. The van der Waals surface area contributed by atoms with Crippen molar-refractivity contribution in [3.63, 3.8) is 0 Å². The van der Waals surface area contributed by atoms with E-state index >= 15 is 0 Å². The monoisotopic (exact) mass is 304 g/mol. The Hall–Kier alpha value is -1.88. The van der Waals surface area contributed by atoms with Crippen molar-refractivity contribution in [2.24, 2.45) is 5.73 Å². The number of fused-ring (bicyclic) bond motifs is 1. The van der Waals surface area contributed by atoms with Crippen LogP contribution >= 0.6 is 0 Å². The van der Waals surface area contributed by atoms with Crippen molar-refractivity contribution in [3.8, 4) is 0 Å². The highest BCUT2D eigenvalue weighted by atomic mass is 16.6. The molecule has 0 bridgehead atoms. The van der Waals surface area contributed by atoms with E-state index in [4.69, 9.17) is 10.5 Å². The van der Waals surface area contributed by atoms with Gasteiger partial charge in [0.25, 0.3) is 0 Å². The molecule has 0 fully saturated rings. The lowest BCUT2D eigenvalue weighted by Crippen LogP contribution is -2.54. The minimum absolute atomic E-state index is 0.231. The Bertz CT molecular complexity index is 576. The second kappa shape index (κ2) is 6.08. The minimum atomic E-state index is -0.643. The number of carbonyl (C=O) groups excluding carboxylic acids is 2. The average molecular weight is 304 g/mol. The fourth-order valence-electron chi connectivity index (χ4n) is 2.60. The van der Waals surface area contributed by atoms with E-state index in [9.17, 15) is 9.59 Å². The van der Waals surface area contributed by atoms with Crippen LogP contribution in [0, 0.1) is 0 Å². The van der Waals surface area contributed by atoms with Gasteiger partial charge in [-0.25, -0.2) is 4.79 Å². The predicted octanol–water partition coefficient (Wildman–Crippen LogP) is 1.63. The molecule has 0 saturated heterocycles. The molecule has 1 aliphatic heterocycles. The van der Waals surface area contributed by atoms with Gasteiger partial charge in [-0.3, -0.25) is 4.79 Å². The van der Waals surface area contributed by atoms with Gasteiger partial charge in [-0.05, 0) is 38.8 Å². The molecule has 22 heavy (non-hydrogen) atoms. The number of esters is 1. The first-order valence-corrected chi connectivity index (χ1v) is 7.55. The number of rotatable bonds is 2. The highest BCUT2D eigenvalue weighted by Gasteiger charge is 2.37. The number of benzene rings is 1. The number of hydrogen-bond acceptors (Lipinski definition) is 4. The van der Waals surface area contributed by atoms with E-state index in [1.165, 1.54) is 0 Å². The lowest BCUT2D eigenvalue weighted by molar-refractivity contribution is -0.166. The molecule has 1 aliphatic rings. The normalized spacial score (nSPS) is 19.3. The Morgan fingerprint density at radius 3 is 2.41 bits per heavy atom. The zero-order valence-corrected chi connectivity index (χ0v) is 13.6. The molecular formula is C17H24N2O3. The number of hydrogen-bond donors (Lipinski definition) is 1. The molecule has 1 heterocycles. The SMILES string of the molecule is C[C@H](N)C(=O)N1Cc2ccccc2C[C@@H]1C(=O)OC(C)(C)C. The van der Waals surface area contributed by atoms with Crippen molar-refractivity contribution in [3.05, 3.63) is 35.4 Å². The van der Waals surface area contributed by atoms with Gasteiger partial charge in [-0.15, -0.1) is 0 Å². The summed E-state index contributed by atoms with van der Waals surface area (Å²) in [4.78, 5) is 26.4. The number of nitrogens with zero attached hydrogens (tertiary/aromatic N) is 1. The second-order valence-electron chi connectivity index (χ2n) is 6.78. The van der Waals surface area contributed by atoms with Crippen LogP contribution in [0.3, 0.4) is 0 Å². The van der Waals surface area contributed by atoms with Gasteiger partial charge >= 0.3 is 5.97 Å². The first kappa shape index (κ1) is 16.5. The summed E-state index contributed by atoms with van der Waals surface area (Å²) in [7, 11) is 0. The van der Waals surface area contributed by atoms with E-state index in [1.54, 1.807) is 11.8 Å². The van der Waals surface area contributed by atoms with E-state index < -0.39 is 17.7 Å². The van der Waals surface area contributed by atoms with Crippen molar-refractivity contribution in [1.29, 1.82) is 0 Å². The standard InChI is InChI=1S/C17H24N2O3/c1-11(18)15(20)19-10-13-8-6-5-7-12(13)9-14(19)16(21)22-17(2,3)4/h5-8,11,14H,9-10,18H2,1-4H3/t11-,14+/m0/s1. The van der Waals surface area contributed by atoms with Crippen LogP contribution < -0.4 is 5.73 Å². The van der Waals surface area contributed by atoms with Crippen LogP contribution in [0.4, 0.5) is 0 Å². The fourth-order valence-corrected chi connectivity index (χ4v) is 2.60. The Balaban J connectivity index is 2.31. The summed E-state index contributed by atoms with van der Waals surface area (Å²) in [6, 6.07) is 6.57. The van der Waals surface area contributed by atoms with Crippen LogP contribution in [0.1, 0.15) is 38.8 Å². The molecule has 1 aromatic rings. The molecule has 1 amide bonds. The number of amides is 1. The van der Waals surface area contributed by atoms with Crippen molar-refractivity contribution in [2.45, 2.75) is 58.3 Å². The van der Waals surface area contributed by atoms with E-state index in [2.05, 4.69) is 0 Å². The number of nitrogens with two attached hydrogens (primary N) is 1. The van der Waals surface area contributed by atoms with Crippen molar-refractivity contribution >= 4 is 11.9 Å². The van der Waals surface area contributed by atoms with Crippen molar-refractivity contribution < 1.29 is 14.3 Å². The van der Waals surface area contributed by atoms with E-state index in [-0.39, 0.29) is 11.9 Å². The number of carbonyl (C=O) groups is 2. The summed E-state index contributed by atoms with van der Waals surface area (Å²) >= 11 is 0. The Labute approximate surface area is 131 Å². The molecule has 0 aliphatic carbocycles. The largest absolute Gasteiger partial charge is 0.458 e. The zero-order valence-electron chi connectivity index (χ0n) is 13.6. The maximum atomic E-state index is 12.5. The lowest BCUT2D eigenvalue weighted by Gasteiger charge is -2.37. The van der Waals surface area contributed by atoms with Crippen LogP contribution in [0.15, 0.2) is 24.3 Å². The lowest BCUT2D eigenvalue weighted by atomic mass is 9.93. The fraction of sp³-hybridized carbons (Fsp3) is 0.529. The van der Waals surface area contributed by atoms with E-state index in [0.717, 1.165) is 11.1 Å². The Kier molecular flexibility index (Phi) is 4.56. The minimum Gasteiger partial charge on any atom is -0.458 e. The van der Waals surface area contributed by atoms with E-state index in [0.29, 0.717) is 13.0 Å². The molecule has 5 nitrogen and oxygen atoms in total. The molecule has 2 rings (SSSR count). The zero-order chi connectivity index (χ0) is 16.5. The van der Waals surface area contributed by atoms with Crippen LogP contribution in [0.5, 0.6) is 0 Å². The van der Waals surface area contributed by atoms with Crippen molar-refractivity contribution in [1.82, 2.24) is 4.90 Å². The molecule has 2 atom stereocenters. The van der Waals surface area contributed by atoms with Crippen LogP contribution in [0.2, 0.25) is 0 Å². The third kappa shape index (κ3) is 3.65. The number of ether oxygens (including phenoxy) is 1. The van der Waals surface area contributed by atoms with Gasteiger partial charge < -0.3 is 15.4 Å². The third-order valence-electron chi connectivity index (χ3n) is 3.60. The third-order valence-corrected chi connectivity index (χ3v) is 3.60. The highest BCUT2D eigenvalue weighted by Crippen LogP contribution is 2.25. The van der Waals surface area contributed by atoms with E-state index in [1.807, 2.05) is 45.0 Å². The van der Waals surface area contributed by atoms with Gasteiger partial charge in [0.1, 0.15) is 11.6 Å². The van der Waals surface area contributed by atoms with Crippen LogP contribution in [0.25, 0.3) is 0 Å². The molecule has 120 valence electrons. The van der Waals surface area contributed by atoms with Gasteiger partial charge in [0.2, 0.25) is 5.91 Å². The van der Waals surface area contributed by atoms with Gasteiger partial charge in [0.05, 0.1) is 6.04 Å². The average Bonchev–Trinajstić information content (AvgIpc) is 2.43. The highest BCUT2D eigenvalue weighted by molar-refractivity contribution is 5.88.